The normalized spacial score (nSPS) is 20.9. The molecule has 1 rings (SSSR count). The van der Waals surface area contributed by atoms with Crippen molar-refractivity contribution in [3.63, 3.8) is 0 Å². The summed E-state index contributed by atoms with van der Waals surface area (Å²) in [4.78, 5) is 13.7. The summed E-state index contributed by atoms with van der Waals surface area (Å²) in [6.45, 7) is 3.70. The van der Waals surface area contributed by atoms with Gasteiger partial charge in [-0.1, -0.05) is 6.92 Å². The Morgan fingerprint density at radius 1 is 1.54 bits per heavy atom. The van der Waals surface area contributed by atoms with E-state index in [2.05, 4.69) is 0 Å². The number of rotatable bonds is 2. The Morgan fingerprint density at radius 3 is 3.00 bits per heavy atom. The lowest BCUT2D eigenvalue weighted by Gasteiger charge is -2.22. The molecule has 13 heavy (non-hydrogen) atoms. The lowest BCUT2D eigenvalue weighted by atomic mass is 10.2. The largest absolute Gasteiger partial charge is 0.342 e. The molecule has 1 saturated heterocycles. The van der Waals surface area contributed by atoms with E-state index in [1.54, 1.807) is 0 Å². The summed E-state index contributed by atoms with van der Waals surface area (Å²) in [7, 11) is 0. The molecule has 0 aliphatic carbocycles. The second kappa shape index (κ2) is 5.76. The van der Waals surface area contributed by atoms with Gasteiger partial charge in [-0.25, -0.2) is 0 Å². The second-order valence-electron chi connectivity index (χ2n) is 3.35. The van der Waals surface area contributed by atoms with Crippen molar-refractivity contribution in [2.45, 2.75) is 13.3 Å². The first-order valence-corrected chi connectivity index (χ1v) is 6.37. The Kier molecular flexibility index (Phi) is 4.96. The molecule has 1 amide bonds. The molecule has 1 aliphatic heterocycles. The predicted molar refractivity (Wildman–Crippen MR) is 58.4 cm³/mol. The molecule has 0 N–H and O–H groups in total. The Morgan fingerprint density at radius 2 is 2.31 bits per heavy atom. The van der Waals surface area contributed by atoms with E-state index in [1.807, 2.05) is 23.6 Å². The summed E-state index contributed by atoms with van der Waals surface area (Å²) in [5.74, 6) is 2.88. The second-order valence-corrected chi connectivity index (χ2v) is 4.88. The van der Waals surface area contributed by atoms with Crippen LogP contribution < -0.4 is 0 Å². The summed E-state index contributed by atoms with van der Waals surface area (Å²) in [6, 6.07) is 0. The molecule has 2 nitrogen and oxygen atoms in total. The van der Waals surface area contributed by atoms with Crippen LogP contribution in [0.15, 0.2) is 0 Å². The number of alkyl halides is 1. The topological polar surface area (TPSA) is 20.3 Å². The summed E-state index contributed by atoms with van der Waals surface area (Å²) >= 11 is 7.58. The highest BCUT2D eigenvalue weighted by molar-refractivity contribution is 7.99. The SMILES string of the molecule is CC(CCl)C(=O)N1CCCSCC1. The first kappa shape index (κ1) is 11.2. The fourth-order valence-corrected chi connectivity index (χ4v) is 2.36. The highest BCUT2D eigenvalue weighted by Gasteiger charge is 2.20. The van der Waals surface area contributed by atoms with E-state index < -0.39 is 0 Å². The molecule has 0 saturated carbocycles. The first-order chi connectivity index (χ1) is 6.25. The minimum atomic E-state index is -0.0234. The highest BCUT2D eigenvalue weighted by Crippen LogP contribution is 2.13. The zero-order chi connectivity index (χ0) is 9.68. The van der Waals surface area contributed by atoms with Crippen molar-refractivity contribution in [1.29, 1.82) is 0 Å². The molecule has 1 fully saturated rings. The summed E-state index contributed by atoms with van der Waals surface area (Å²) in [5.41, 5.74) is 0. The molecule has 0 bridgehead atoms. The Hall–Kier alpha value is 0.110. The number of nitrogens with zero attached hydrogens (tertiary/aromatic N) is 1. The lowest BCUT2D eigenvalue weighted by Crippen LogP contribution is -2.37. The smallest absolute Gasteiger partial charge is 0.226 e. The summed E-state index contributed by atoms with van der Waals surface area (Å²) in [5, 5.41) is 0. The van der Waals surface area contributed by atoms with E-state index in [0.29, 0.717) is 5.88 Å². The van der Waals surface area contributed by atoms with Gasteiger partial charge in [-0.3, -0.25) is 4.79 Å². The van der Waals surface area contributed by atoms with Gasteiger partial charge >= 0.3 is 0 Å². The van der Waals surface area contributed by atoms with Crippen LogP contribution in [0.5, 0.6) is 0 Å². The molecule has 4 heteroatoms. The molecule has 0 radical (unpaired) electrons. The van der Waals surface area contributed by atoms with Crippen LogP contribution in [-0.2, 0) is 4.79 Å². The van der Waals surface area contributed by atoms with E-state index in [4.69, 9.17) is 11.6 Å². The molecule has 1 heterocycles. The van der Waals surface area contributed by atoms with Crippen molar-refractivity contribution in [1.82, 2.24) is 4.90 Å². The number of halogens is 1. The predicted octanol–water partition coefficient (Wildman–Crippen LogP) is 1.83. The van der Waals surface area contributed by atoms with Gasteiger partial charge in [0.15, 0.2) is 0 Å². The molecular formula is C9H16ClNOS. The van der Waals surface area contributed by atoms with Gasteiger partial charge < -0.3 is 4.90 Å². The van der Waals surface area contributed by atoms with Crippen LogP contribution in [0.4, 0.5) is 0 Å². The minimum Gasteiger partial charge on any atom is -0.342 e. The first-order valence-electron chi connectivity index (χ1n) is 4.68. The zero-order valence-corrected chi connectivity index (χ0v) is 9.53. The number of amides is 1. The van der Waals surface area contributed by atoms with Gasteiger partial charge in [0.05, 0.1) is 0 Å². The number of carbonyl (C=O) groups is 1. The van der Waals surface area contributed by atoms with E-state index in [0.717, 1.165) is 25.3 Å². The van der Waals surface area contributed by atoms with E-state index in [-0.39, 0.29) is 11.8 Å². The molecular weight excluding hydrogens is 206 g/mol. The average Bonchev–Trinajstić information content (AvgIpc) is 2.43. The average molecular weight is 222 g/mol. The van der Waals surface area contributed by atoms with Crippen LogP contribution >= 0.6 is 23.4 Å². The third kappa shape index (κ3) is 3.39. The Labute approximate surface area is 89.0 Å². The Balaban J connectivity index is 2.43. The van der Waals surface area contributed by atoms with Gasteiger partial charge in [0.1, 0.15) is 0 Å². The number of hydrogen-bond donors (Lipinski definition) is 0. The van der Waals surface area contributed by atoms with Crippen molar-refractivity contribution >= 4 is 29.3 Å². The van der Waals surface area contributed by atoms with E-state index >= 15 is 0 Å². The zero-order valence-electron chi connectivity index (χ0n) is 7.96. The van der Waals surface area contributed by atoms with Gasteiger partial charge in [-0.15, -0.1) is 11.6 Å². The van der Waals surface area contributed by atoms with Crippen LogP contribution in [0.25, 0.3) is 0 Å². The Bertz CT molecular complexity index is 169. The van der Waals surface area contributed by atoms with Crippen LogP contribution in [0.2, 0.25) is 0 Å². The third-order valence-corrected chi connectivity index (χ3v) is 3.70. The highest BCUT2D eigenvalue weighted by atomic mass is 35.5. The number of thioether (sulfide) groups is 1. The molecule has 0 spiro atoms. The van der Waals surface area contributed by atoms with Gasteiger partial charge in [-0.05, 0) is 12.2 Å². The van der Waals surface area contributed by atoms with Gasteiger partial charge in [0.25, 0.3) is 0 Å². The fourth-order valence-electron chi connectivity index (χ4n) is 1.34. The lowest BCUT2D eigenvalue weighted by molar-refractivity contribution is -0.134. The van der Waals surface area contributed by atoms with Gasteiger partial charge in [-0.2, -0.15) is 11.8 Å². The van der Waals surface area contributed by atoms with Gasteiger partial charge in [0.2, 0.25) is 5.91 Å². The van der Waals surface area contributed by atoms with Crippen molar-refractivity contribution < 1.29 is 4.79 Å². The maximum atomic E-state index is 11.7. The quantitative estimate of drug-likeness (QED) is 0.664. The molecule has 1 aliphatic rings. The van der Waals surface area contributed by atoms with Crippen molar-refractivity contribution in [3.8, 4) is 0 Å². The molecule has 1 unspecified atom stereocenters. The van der Waals surface area contributed by atoms with Crippen molar-refractivity contribution in [2.75, 3.05) is 30.5 Å². The van der Waals surface area contributed by atoms with E-state index in [1.165, 1.54) is 5.75 Å². The minimum absolute atomic E-state index is 0.0234. The van der Waals surface area contributed by atoms with E-state index in [9.17, 15) is 4.79 Å². The summed E-state index contributed by atoms with van der Waals surface area (Å²) in [6.07, 6.45) is 1.12. The monoisotopic (exact) mass is 221 g/mol. The standard InChI is InChI=1S/C9H16ClNOS/c1-8(7-10)9(12)11-3-2-5-13-6-4-11/h8H,2-7H2,1H3. The molecule has 0 aromatic heterocycles. The number of carbonyl (C=O) groups excluding carboxylic acids is 1. The van der Waals surface area contributed by atoms with Crippen LogP contribution in [-0.4, -0.2) is 41.3 Å². The molecule has 0 aromatic carbocycles. The molecule has 1 atom stereocenters. The maximum Gasteiger partial charge on any atom is 0.226 e. The third-order valence-electron chi connectivity index (χ3n) is 2.19. The van der Waals surface area contributed by atoms with Crippen LogP contribution in [0.1, 0.15) is 13.3 Å². The summed E-state index contributed by atoms with van der Waals surface area (Å²) < 4.78 is 0. The van der Waals surface area contributed by atoms with Gasteiger partial charge in [0, 0.05) is 30.6 Å². The fraction of sp³-hybridized carbons (Fsp3) is 0.889. The number of hydrogen-bond acceptors (Lipinski definition) is 2. The molecule has 0 aromatic rings. The van der Waals surface area contributed by atoms with Crippen molar-refractivity contribution in [2.24, 2.45) is 5.92 Å². The van der Waals surface area contributed by atoms with Crippen LogP contribution in [0, 0.1) is 5.92 Å². The van der Waals surface area contributed by atoms with Crippen LogP contribution in [0.3, 0.4) is 0 Å². The molecule has 76 valence electrons. The maximum absolute atomic E-state index is 11.7. The van der Waals surface area contributed by atoms with Crippen molar-refractivity contribution in [3.05, 3.63) is 0 Å².